The Labute approximate surface area is 132 Å². The summed E-state index contributed by atoms with van der Waals surface area (Å²) >= 11 is 0. The van der Waals surface area contributed by atoms with Crippen molar-refractivity contribution in [2.75, 3.05) is 7.05 Å². The number of carbonyl (C=O) groups is 1. The number of nitrogens with zero attached hydrogens (tertiary/aromatic N) is 4. The fourth-order valence-corrected chi connectivity index (χ4v) is 2.32. The summed E-state index contributed by atoms with van der Waals surface area (Å²) in [7, 11) is 1.62. The van der Waals surface area contributed by atoms with Gasteiger partial charge in [0.05, 0.1) is 23.8 Å². The molecule has 3 aromatic rings. The summed E-state index contributed by atoms with van der Waals surface area (Å²) in [4.78, 5) is 22.4. The van der Waals surface area contributed by atoms with Crippen LogP contribution in [0.5, 0.6) is 5.75 Å². The maximum absolute atomic E-state index is 12.7. The molecule has 0 saturated heterocycles. The molecule has 0 bridgehead atoms. The van der Waals surface area contributed by atoms with Crippen LogP contribution >= 0.6 is 0 Å². The van der Waals surface area contributed by atoms with Gasteiger partial charge in [0.2, 0.25) is 5.89 Å². The van der Waals surface area contributed by atoms with E-state index in [9.17, 15) is 9.90 Å². The number of aromatic nitrogens is 3. The minimum Gasteiger partial charge on any atom is -0.505 e. The maximum atomic E-state index is 12.7. The van der Waals surface area contributed by atoms with Crippen molar-refractivity contribution in [2.24, 2.45) is 0 Å². The van der Waals surface area contributed by atoms with Gasteiger partial charge < -0.3 is 14.5 Å². The minimum absolute atomic E-state index is 0.152. The molecule has 7 heteroatoms. The van der Waals surface area contributed by atoms with E-state index in [2.05, 4.69) is 15.1 Å². The zero-order valence-corrected chi connectivity index (χ0v) is 12.9. The third kappa shape index (κ3) is 2.85. The van der Waals surface area contributed by atoms with Gasteiger partial charge in [-0.2, -0.15) is 4.98 Å². The Morgan fingerprint density at radius 1 is 1.35 bits per heavy atom. The molecule has 0 atom stereocenters. The van der Waals surface area contributed by atoms with E-state index in [1.165, 1.54) is 11.1 Å². The molecule has 0 aliphatic carbocycles. The number of aromatic hydroxyl groups is 1. The highest BCUT2D eigenvalue weighted by Crippen LogP contribution is 2.26. The predicted molar refractivity (Wildman–Crippen MR) is 82.9 cm³/mol. The number of pyridine rings is 1. The molecule has 0 fully saturated rings. The van der Waals surface area contributed by atoms with E-state index in [1.807, 2.05) is 13.0 Å². The van der Waals surface area contributed by atoms with Gasteiger partial charge in [-0.1, -0.05) is 30.3 Å². The van der Waals surface area contributed by atoms with Gasteiger partial charge >= 0.3 is 0 Å². The zero-order chi connectivity index (χ0) is 16.4. The lowest BCUT2D eigenvalue weighted by Gasteiger charge is -2.16. The fraction of sp³-hybridized carbons (Fsp3) is 0.250. The van der Waals surface area contributed by atoms with Crippen LogP contribution in [0, 0.1) is 0 Å². The lowest BCUT2D eigenvalue weighted by molar-refractivity contribution is 0.0768. The molecule has 118 valence electrons. The number of amides is 1. The highest BCUT2D eigenvalue weighted by Gasteiger charge is 2.21. The molecule has 2 heterocycles. The topological polar surface area (TPSA) is 92.4 Å². The Kier molecular flexibility index (Phi) is 3.92. The zero-order valence-electron chi connectivity index (χ0n) is 12.9. The molecule has 1 N–H and O–H groups in total. The molecule has 0 unspecified atom stereocenters. The Bertz CT molecular complexity index is 859. The summed E-state index contributed by atoms with van der Waals surface area (Å²) in [6.07, 6.45) is 1.95. The molecule has 23 heavy (non-hydrogen) atoms. The smallest absolute Gasteiger partial charge is 0.258 e. The van der Waals surface area contributed by atoms with Gasteiger partial charge in [0, 0.05) is 18.9 Å². The van der Waals surface area contributed by atoms with Crippen molar-refractivity contribution in [1.82, 2.24) is 20.0 Å². The highest BCUT2D eigenvalue weighted by molar-refractivity contribution is 6.08. The Morgan fingerprint density at radius 2 is 2.13 bits per heavy atom. The molecular weight excluding hydrogens is 296 g/mol. The molecule has 1 aromatic carbocycles. The van der Waals surface area contributed by atoms with Crippen molar-refractivity contribution in [1.29, 1.82) is 0 Å². The van der Waals surface area contributed by atoms with Crippen LogP contribution in [0.25, 0.3) is 10.9 Å². The van der Waals surface area contributed by atoms with Crippen molar-refractivity contribution in [3.63, 3.8) is 0 Å². The van der Waals surface area contributed by atoms with Gasteiger partial charge in [0.1, 0.15) is 5.75 Å². The van der Waals surface area contributed by atoms with E-state index < -0.39 is 0 Å². The average molecular weight is 312 g/mol. The first-order chi connectivity index (χ1) is 11.1. The normalized spacial score (nSPS) is 10.9. The second-order valence-electron chi connectivity index (χ2n) is 5.15. The third-order valence-electron chi connectivity index (χ3n) is 3.51. The quantitative estimate of drug-likeness (QED) is 0.793. The van der Waals surface area contributed by atoms with Crippen LogP contribution < -0.4 is 0 Å². The number of carbonyl (C=O) groups excluding carboxylic acids is 1. The molecule has 0 saturated carbocycles. The Morgan fingerprint density at radius 3 is 2.87 bits per heavy atom. The molecule has 3 rings (SSSR count). The molecule has 2 aromatic heterocycles. The van der Waals surface area contributed by atoms with Crippen LogP contribution in [-0.4, -0.2) is 38.1 Å². The van der Waals surface area contributed by atoms with Gasteiger partial charge in [-0.25, -0.2) is 0 Å². The molecule has 0 radical (unpaired) electrons. The predicted octanol–water partition coefficient (Wildman–Crippen LogP) is 2.16. The second-order valence-corrected chi connectivity index (χ2v) is 5.15. The number of hydrogen-bond acceptors (Lipinski definition) is 6. The van der Waals surface area contributed by atoms with Crippen molar-refractivity contribution >= 4 is 16.8 Å². The van der Waals surface area contributed by atoms with Crippen molar-refractivity contribution in [3.8, 4) is 5.75 Å². The van der Waals surface area contributed by atoms with E-state index in [4.69, 9.17) is 4.52 Å². The number of rotatable bonds is 4. The summed E-state index contributed by atoms with van der Waals surface area (Å²) in [6.45, 7) is 2.09. The van der Waals surface area contributed by atoms with Crippen LogP contribution in [0.15, 0.2) is 35.0 Å². The van der Waals surface area contributed by atoms with Crippen LogP contribution in [-0.2, 0) is 13.0 Å². The SMILES string of the molecule is CCc1noc(CN(C)C(=O)c2c(O)cnc3ccccc23)n1. The number of hydrogen-bond donors (Lipinski definition) is 1. The molecule has 0 aliphatic heterocycles. The standard InChI is InChI=1S/C16H16N4O3/c1-3-13-18-14(23-19-13)9-20(2)16(22)15-10-6-4-5-7-11(10)17-8-12(15)21/h4-8,21H,3,9H2,1-2H3. The summed E-state index contributed by atoms with van der Waals surface area (Å²) in [5.74, 6) is 0.464. The third-order valence-corrected chi connectivity index (χ3v) is 3.51. The van der Waals surface area contributed by atoms with Crippen LogP contribution in [0.3, 0.4) is 0 Å². The molecular formula is C16H16N4O3. The van der Waals surface area contributed by atoms with Crippen LogP contribution in [0.4, 0.5) is 0 Å². The van der Waals surface area contributed by atoms with Crippen molar-refractivity contribution in [2.45, 2.75) is 19.9 Å². The summed E-state index contributed by atoms with van der Waals surface area (Å²) < 4.78 is 5.10. The Hall–Kier alpha value is -2.96. The van der Waals surface area contributed by atoms with Crippen molar-refractivity contribution < 1.29 is 14.4 Å². The number of benzene rings is 1. The maximum Gasteiger partial charge on any atom is 0.258 e. The van der Waals surface area contributed by atoms with Gasteiger partial charge in [-0.15, -0.1) is 0 Å². The van der Waals surface area contributed by atoms with Crippen LogP contribution in [0.2, 0.25) is 0 Å². The first kappa shape index (κ1) is 15.0. The number of aryl methyl sites for hydroxylation is 1. The number of fused-ring (bicyclic) bond motifs is 1. The van der Waals surface area contributed by atoms with E-state index in [0.29, 0.717) is 29.0 Å². The van der Waals surface area contributed by atoms with Gasteiger partial charge in [-0.05, 0) is 6.07 Å². The molecule has 0 spiro atoms. The van der Waals surface area contributed by atoms with Crippen molar-refractivity contribution in [3.05, 3.63) is 47.7 Å². The summed E-state index contributed by atoms with van der Waals surface area (Å²) in [5.41, 5.74) is 0.862. The largest absolute Gasteiger partial charge is 0.505 e. The number of para-hydroxylation sites is 1. The second kappa shape index (κ2) is 6.04. The van der Waals surface area contributed by atoms with Gasteiger partial charge in [0.15, 0.2) is 5.82 Å². The monoisotopic (exact) mass is 312 g/mol. The van der Waals surface area contributed by atoms with Crippen LogP contribution in [0.1, 0.15) is 29.0 Å². The van der Waals surface area contributed by atoms with Gasteiger partial charge in [-0.3, -0.25) is 9.78 Å². The minimum atomic E-state index is -0.336. The molecule has 7 nitrogen and oxygen atoms in total. The molecule has 1 amide bonds. The van der Waals surface area contributed by atoms with E-state index in [0.717, 1.165) is 0 Å². The highest BCUT2D eigenvalue weighted by atomic mass is 16.5. The summed E-state index contributed by atoms with van der Waals surface area (Å²) in [6, 6.07) is 7.17. The first-order valence-electron chi connectivity index (χ1n) is 7.23. The summed E-state index contributed by atoms with van der Waals surface area (Å²) in [5, 5.41) is 14.5. The van der Waals surface area contributed by atoms with E-state index in [1.54, 1.807) is 25.2 Å². The Balaban J connectivity index is 1.91. The lowest BCUT2D eigenvalue weighted by atomic mass is 10.1. The lowest BCUT2D eigenvalue weighted by Crippen LogP contribution is -2.26. The van der Waals surface area contributed by atoms with Gasteiger partial charge in [0.25, 0.3) is 5.91 Å². The van der Waals surface area contributed by atoms with E-state index in [-0.39, 0.29) is 23.8 Å². The first-order valence-corrected chi connectivity index (χ1v) is 7.23. The molecule has 0 aliphatic rings. The van der Waals surface area contributed by atoms with E-state index >= 15 is 0 Å². The average Bonchev–Trinajstić information content (AvgIpc) is 3.01. The fourth-order valence-electron chi connectivity index (χ4n) is 2.32.